The standard InChI is InChI=1S/C16H32O2/c1-4-6-7-8-9-10-11-12-13-16(17)18-14-15(3)5-2/h15H,4-14H2,1-3H3. The van der Waals surface area contributed by atoms with Crippen LogP contribution in [0.25, 0.3) is 0 Å². The molecule has 1 atom stereocenters. The average Bonchev–Trinajstić information content (AvgIpc) is 2.39. The van der Waals surface area contributed by atoms with Gasteiger partial charge in [-0.2, -0.15) is 0 Å². The highest BCUT2D eigenvalue weighted by Crippen LogP contribution is 2.10. The highest BCUT2D eigenvalue weighted by molar-refractivity contribution is 5.69. The summed E-state index contributed by atoms with van der Waals surface area (Å²) in [6.07, 6.45) is 11.8. The Kier molecular flexibility index (Phi) is 12.5. The van der Waals surface area contributed by atoms with E-state index in [0.717, 1.165) is 12.8 Å². The van der Waals surface area contributed by atoms with Crippen molar-refractivity contribution in [2.75, 3.05) is 6.61 Å². The van der Waals surface area contributed by atoms with Gasteiger partial charge in [-0.1, -0.05) is 72.1 Å². The van der Waals surface area contributed by atoms with Gasteiger partial charge in [0.05, 0.1) is 6.61 Å². The highest BCUT2D eigenvalue weighted by Gasteiger charge is 2.05. The molecule has 0 aliphatic heterocycles. The molecule has 0 bridgehead atoms. The SMILES string of the molecule is CCCCCCCCCCC(=O)OCC(C)CC. The number of carbonyl (C=O) groups is 1. The summed E-state index contributed by atoms with van der Waals surface area (Å²) in [4.78, 5) is 11.4. The zero-order chi connectivity index (χ0) is 13.6. The second kappa shape index (κ2) is 12.9. The van der Waals surface area contributed by atoms with Crippen molar-refractivity contribution in [3.05, 3.63) is 0 Å². The first-order valence-electron chi connectivity index (χ1n) is 7.86. The van der Waals surface area contributed by atoms with E-state index in [-0.39, 0.29) is 5.97 Å². The van der Waals surface area contributed by atoms with Crippen LogP contribution in [0.2, 0.25) is 0 Å². The summed E-state index contributed by atoms with van der Waals surface area (Å²) >= 11 is 0. The summed E-state index contributed by atoms with van der Waals surface area (Å²) in [5.41, 5.74) is 0. The second-order valence-electron chi connectivity index (χ2n) is 5.42. The maximum absolute atomic E-state index is 11.4. The molecule has 2 heteroatoms. The lowest BCUT2D eigenvalue weighted by molar-refractivity contribution is -0.145. The normalized spacial score (nSPS) is 12.4. The van der Waals surface area contributed by atoms with Crippen LogP contribution in [-0.2, 0) is 9.53 Å². The quantitative estimate of drug-likeness (QED) is 0.358. The molecule has 0 aromatic heterocycles. The van der Waals surface area contributed by atoms with E-state index in [1.807, 2.05) is 0 Å². The molecule has 0 aromatic carbocycles. The van der Waals surface area contributed by atoms with Crippen molar-refractivity contribution >= 4 is 5.97 Å². The molecule has 0 rings (SSSR count). The molecular formula is C16H32O2. The minimum absolute atomic E-state index is 0.0127. The average molecular weight is 256 g/mol. The van der Waals surface area contributed by atoms with Gasteiger partial charge >= 0.3 is 5.97 Å². The Morgan fingerprint density at radius 1 is 0.944 bits per heavy atom. The number of esters is 1. The van der Waals surface area contributed by atoms with Gasteiger partial charge in [-0.3, -0.25) is 4.79 Å². The molecule has 0 aromatic rings. The van der Waals surface area contributed by atoms with Gasteiger partial charge in [-0.25, -0.2) is 0 Å². The zero-order valence-corrected chi connectivity index (χ0v) is 12.7. The monoisotopic (exact) mass is 256 g/mol. The van der Waals surface area contributed by atoms with Gasteiger partial charge in [0.25, 0.3) is 0 Å². The summed E-state index contributed by atoms with van der Waals surface area (Å²) in [6.45, 7) is 7.07. The third-order valence-corrected chi connectivity index (χ3v) is 3.46. The van der Waals surface area contributed by atoms with E-state index in [0.29, 0.717) is 18.9 Å². The highest BCUT2D eigenvalue weighted by atomic mass is 16.5. The van der Waals surface area contributed by atoms with Gasteiger partial charge in [0.1, 0.15) is 0 Å². The van der Waals surface area contributed by atoms with E-state index in [9.17, 15) is 4.79 Å². The zero-order valence-electron chi connectivity index (χ0n) is 12.7. The van der Waals surface area contributed by atoms with Crippen LogP contribution < -0.4 is 0 Å². The van der Waals surface area contributed by atoms with Crippen LogP contribution in [-0.4, -0.2) is 12.6 Å². The van der Waals surface area contributed by atoms with Crippen LogP contribution >= 0.6 is 0 Å². The van der Waals surface area contributed by atoms with E-state index < -0.39 is 0 Å². The third-order valence-electron chi connectivity index (χ3n) is 3.46. The van der Waals surface area contributed by atoms with Crippen molar-refractivity contribution in [3.63, 3.8) is 0 Å². The van der Waals surface area contributed by atoms with E-state index in [4.69, 9.17) is 4.74 Å². The van der Waals surface area contributed by atoms with E-state index in [1.165, 1.54) is 44.9 Å². The lowest BCUT2D eigenvalue weighted by atomic mass is 10.1. The molecule has 0 radical (unpaired) electrons. The topological polar surface area (TPSA) is 26.3 Å². The number of rotatable bonds is 12. The molecule has 1 unspecified atom stereocenters. The predicted octanol–water partition coefficient (Wildman–Crippen LogP) is 5.11. The van der Waals surface area contributed by atoms with E-state index in [1.54, 1.807) is 0 Å². The van der Waals surface area contributed by atoms with E-state index in [2.05, 4.69) is 20.8 Å². The molecule has 0 saturated carbocycles. The molecule has 0 heterocycles. The maximum atomic E-state index is 11.4. The molecule has 0 fully saturated rings. The van der Waals surface area contributed by atoms with Crippen LogP contribution in [0.3, 0.4) is 0 Å². The lowest BCUT2D eigenvalue weighted by Crippen LogP contribution is -2.11. The van der Waals surface area contributed by atoms with E-state index >= 15 is 0 Å². The van der Waals surface area contributed by atoms with Crippen LogP contribution in [0.5, 0.6) is 0 Å². The summed E-state index contributed by atoms with van der Waals surface area (Å²) in [5.74, 6) is 0.480. The molecule has 0 spiro atoms. The first-order chi connectivity index (χ1) is 8.70. The van der Waals surface area contributed by atoms with Crippen molar-refractivity contribution in [1.82, 2.24) is 0 Å². The summed E-state index contributed by atoms with van der Waals surface area (Å²) in [7, 11) is 0. The van der Waals surface area contributed by atoms with Gasteiger partial charge in [0, 0.05) is 6.42 Å². The number of carbonyl (C=O) groups excluding carboxylic acids is 1. The van der Waals surface area contributed by atoms with Crippen molar-refractivity contribution in [2.24, 2.45) is 5.92 Å². The van der Waals surface area contributed by atoms with Crippen LogP contribution in [0.4, 0.5) is 0 Å². The van der Waals surface area contributed by atoms with Gasteiger partial charge in [0.2, 0.25) is 0 Å². The molecule has 0 aliphatic carbocycles. The van der Waals surface area contributed by atoms with Gasteiger partial charge in [-0.05, 0) is 12.3 Å². The molecule has 2 nitrogen and oxygen atoms in total. The Morgan fingerprint density at radius 3 is 2.06 bits per heavy atom. The fourth-order valence-electron chi connectivity index (χ4n) is 1.83. The summed E-state index contributed by atoms with van der Waals surface area (Å²) < 4.78 is 5.22. The number of unbranched alkanes of at least 4 members (excludes halogenated alkanes) is 7. The molecular weight excluding hydrogens is 224 g/mol. The van der Waals surface area contributed by atoms with Crippen LogP contribution in [0, 0.1) is 5.92 Å². The Hall–Kier alpha value is -0.530. The Labute approximate surface area is 113 Å². The first-order valence-corrected chi connectivity index (χ1v) is 7.86. The van der Waals surface area contributed by atoms with Gasteiger partial charge < -0.3 is 4.74 Å². The minimum Gasteiger partial charge on any atom is -0.465 e. The summed E-state index contributed by atoms with van der Waals surface area (Å²) in [5, 5.41) is 0. The molecule has 0 amide bonds. The molecule has 0 aliphatic rings. The Balaban J connectivity index is 3.20. The largest absolute Gasteiger partial charge is 0.465 e. The predicted molar refractivity (Wildman–Crippen MR) is 77.6 cm³/mol. The molecule has 18 heavy (non-hydrogen) atoms. The molecule has 0 saturated heterocycles. The van der Waals surface area contributed by atoms with Gasteiger partial charge in [-0.15, -0.1) is 0 Å². The maximum Gasteiger partial charge on any atom is 0.305 e. The minimum atomic E-state index is -0.0127. The smallest absolute Gasteiger partial charge is 0.305 e. The first kappa shape index (κ1) is 17.5. The fraction of sp³-hybridized carbons (Fsp3) is 0.938. The van der Waals surface area contributed by atoms with Crippen LogP contribution in [0.1, 0.15) is 85.0 Å². The number of hydrogen-bond donors (Lipinski definition) is 0. The Bertz CT molecular complexity index is 190. The number of ether oxygens (including phenoxy) is 1. The summed E-state index contributed by atoms with van der Waals surface area (Å²) in [6, 6.07) is 0. The van der Waals surface area contributed by atoms with Crippen molar-refractivity contribution < 1.29 is 9.53 Å². The second-order valence-corrected chi connectivity index (χ2v) is 5.42. The van der Waals surface area contributed by atoms with Crippen LogP contribution in [0.15, 0.2) is 0 Å². The van der Waals surface area contributed by atoms with Gasteiger partial charge in [0.15, 0.2) is 0 Å². The molecule has 0 N–H and O–H groups in total. The van der Waals surface area contributed by atoms with Crippen molar-refractivity contribution in [1.29, 1.82) is 0 Å². The van der Waals surface area contributed by atoms with Crippen molar-refractivity contribution in [2.45, 2.75) is 85.0 Å². The fourth-order valence-corrected chi connectivity index (χ4v) is 1.83. The van der Waals surface area contributed by atoms with Crippen molar-refractivity contribution in [3.8, 4) is 0 Å². The number of hydrogen-bond acceptors (Lipinski definition) is 2. The third kappa shape index (κ3) is 11.9. The lowest BCUT2D eigenvalue weighted by Gasteiger charge is -2.09. The molecule has 108 valence electrons. The Morgan fingerprint density at radius 2 is 1.50 bits per heavy atom.